The number of aromatic nitrogens is 1. The van der Waals surface area contributed by atoms with Crippen LogP contribution in [0.4, 0.5) is 17.1 Å². The van der Waals surface area contributed by atoms with E-state index in [0.717, 1.165) is 50.1 Å². The highest BCUT2D eigenvalue weighted by Crippen LogP contribution is 2.43. The monoisotopic (exact) mass is 702 g/mol. The van der Waals surface area contributed by atoms with E-state index in [1.54, 1.807) is 0 Å². The maximum absolute atomic E-state index is 6.51. The summed E-state index contributed by atoms with van der Waals surface area (Å²) in [6.07, 6.45) is 4.34. The number of hydrogen-bond acceptors (Lipinski definition) is 2. The molecule has 0 aliphatic carbocycles. The van der Waals surface area contributed by atoms with Crippen LogP contribution in [0.5, 0.6) is 0 Å². The van der Waals surface area contributed by atoms with Crippen molar-refractivity contribution in [1.82, 2.24) is 4.57 Å². The first-order valence-corrected chi connectivity index (χ1v) is 18.8. The quantitative estimate of drug-likeness (QED) is 0.122. The van der Waals surface area contributed by atoms with Crippen molar-refractivity contribution in [2.24, 2.45) is 0 Å². The Balaban J connectivity index is 0.902. The Morgan fingerprint density at radius 1 is 0.418 bits per heavy atom. The molecule has 258 valence electrons. The molecule has 0 aliphatic rings. The van der Waals surface area contributed by atoms with E-state index in [1.807, 2.05) is 12.1 Å². The second-order valence-electron chi connectivity index (χ2n) is 14.2. The van der Waals surface area contributed by atoms with E-state index >= 15 is 0 Å². The van der Waals surface area contributed by atoms with Crippen molar-refractivity contribution in [3.05, 3.63) is 205 Å². The fourth-order valence-corrected chi connectivity index (χ4v) is 8.39. The van der Waals surface area contributed by atoms with Crippen molar-refractivity contribution < 1.29 is 4.42 Å². The lowest BCUT2D eigenvalue weighted by molar-refractivity contribution is 0.669. The van der Waals surface area contributed by atoms with Crippen molar-refractivity contribution in [2.45, 2.75) is 0 Å². The fraction of sp³-hybridized carbons (Fsp3) is 0. The first kappa shape index (κ1) is 31.2. The molecule has 0 saturated carbocycles. The molecule has 55 heavy (non-hydrogen) atoms. The van der Waals surface area contributed by atoms with E-state index in [2.05, 4.69) is 204 Å². The molecule has 0 N–H and O–H groups in total. The van der Waals surface area contributed by atoms with Crippen LogP contribution in [0.3, 0.4) is 0 Å². The number of anilines is 3. The van der Waals surface area contributed by atoms with Gasteiger partial charge in [0.25, 0.3) is 0 Å². The molecule has 2 aromatic heterocycles. The maximum Gasteiger partial charge on any atom is 0.137 e. The predicted octanol–water partition coefficient (Wildman–Crippen LogP) is 14.6. The van der Waals surface area contributed by atoms with Crippen LogP contribution in [-0.4, -0.2) is 4.57 Å². The molecule has 11 aromatic rings. The van der Waals surface area contributed by atoms with Crippen molar-refractivity contribution >= 4 is 83.7 Å². The van der Waals surface area contributed by atoms with E-state index < -0.39 is 0 Å². The lowest BCUT2D eigenvalue weighted by Crippen LogP contribution is -2.09. The van der Waals surface area contributed by atoms with Gasteiger partial charge in [0.15, 0.2) is 0 Å². The van der Waals surface area contributed by atoms with Crippen LogP contribution in [0.1, 0.15) is 11.1 Å². The molecule has 0 atom stereocenters. The molecule has 0 fully saturated rings. The maximum atomic E-state index is 6.51. The molecule has 11 rings (SSSR count). The van der Waals surface area contributed by atoms with Crippen LogP contribution in [0.15, 0.2) is 199 Å². The van der Waals surface area contributed by atoms with Crippen molar-refractivity contribution in [1.29, 1.82) is 0 Å². The Labute approximate surface area is 318 Å². The summed E-state index contributed by atoms with van der Waals surface area (Å²) in [4.78, 5) is 2.26. The minimum atomic E-state index is 0.869. The minimum Gasteiger partial charge on any atom is -0.456 e. The van der Waals surface area contributed by atoms with Gasteiger partial charge in [-0.25, -0.2) is 0 Å². The van der Waals surface area contributed by atoms with Crippen LogP contribution >= 0.6 is 0 Å². The lowest BCUT2D eigenvalue weighted by atomic mass is 9.94. The lowest BCUT2D eigenvalue weighted by Gasteiger charge is -2.25. The zero-order valence-electron chi connectivity index (χ0n) is 29.9. The average molecular weight is 703 g/mol. The topological polar surface area (TPSA) is 21.3 Å². The SMILES string of the molecule is C(=C\c1ccc2c(c1)oc1cc(N(c3ccccc3)c3ccccc3)ccc12)/c1ccc(-c2ccc3c4c2ccc2cccc(c24)n3-c2ccccc2)cc1. The summed E-state index contributed by atoms with van der Waals surface area (Å²) in [5, 5.41) is 7.41. The van der Waals surface area contributed by atoms with E-state index in [4.69, 9.17) is 4.42 Å². The molecule has 0 unspecified atom stereocenters. The number of nitrogens with zero attached hydrogens (tertiary/aromatic N) is 2. The Kier molecular flexibility index (Phi) is 7.17. The van der Waals surface area contributed by atoms with Gasteiger partial charge in [-0.05, 0) is 106 Å². The molecule has 0 aliphatic heterocycles. The Hall–Kier alpha value is -7.36. The van der Waals surface area contributed by atoms with E-state index in [9.17, 15) is 0 Å². The zero-order valence-corrected chi connectivity index (χ0v) is 29.9. The summed E-state index contributed by atoms with van der Waals surface area (Å²) in [6.45, 7) is 0. The summed E-state index contributed by atoms with van der Waals surface area (Å²) in [7, 11) is 0. The molecular weight excluding hydrogens is 669 g/mol. The predicted molar refractivity (Wildman–Crippen MR) is 232 cm³/mol. The number of para-hydroxylation sites is 3. The third kappa shape index (κ3) is 5.20. The van der Waals surface area contributed by atoms with Crippen molar-refractivity contribution in [3.63, 3.8) is 0 Å². The van der Waals surface area contributed by atoms with Gasteiger partial charge in [0, 0.05) is 50.4 Å². The van der Waals surface area contributed by atoms with Gasteiger partial charge in [-0.15, -0.1) is 0 Å². The molecular formula is C52H34N2O. The third-order valence-corrected chi connectivity index (χ3v) is 10.9. The third-order valence-electron chi connectivity index (χ3n) is 10.9. The van der Waals surface area contributed by atoms with E-state index in [0.29, 0.717) is 0 Å². The van der Waals surface area contributed by atoms with Crippen LogP contribution in [0, 0.1) is 0 Å². The highest BCUT2D eigenvalue weighted by Gasteiger charge is 2.19. The van der Waals surface area contributed by atoms with Gasteiger partial charge < -0.3 is 13.9 Å². The normalized spacial score (nSPS) is 11.9. The van der Waals surface area contributed by atoms with Gasteiger partial charge in [0.2, 0.25) is 0 Å². The largest absolute Gasteiger partial charge is 0.456 e. The number of furan rings is 1. The second kappa shape index (κ2) is 12.6. The zero-order chi connectivity index (χ0) is 36.3. The highest BCUT2D eigenvalue weighted by atomic mass is 16.3. The Morgan fingerprint density at radius 3 is 1.78 bits per heavy atom. The minimum absolute atomic E-state index is 0.869. The molecule has 9 aromatic carbocycles. The smallest absolute Gasteiger partial charge is 0.137 e. The molecule has 3 heteroatoms. The van der Waals surface area contributed by atoms with Gasteiger partial charge in [0.1, 0.15) is 11.2 Å². The molecule has 0 radical (unpaired) electrons. The van der Waals surface area contributed by atoms with E-state index in [1.165, 1.54) is 49.4 Å². The number of benzene rings is 9. The van der Waals surface area contributed by atoms with Gasteiger partial charge in [-0.3, -0.25) is 0 Å². The highest BCUT2D eigenvalue weighted by molar-refractivity contribution is 6.26. The summed E-state index contributed by atoms with van der Waals surface area (Å²) in [5.74, 6) is 0. The van der Waals surface area contributed by atoms with Crippen LogP contribution < -0.4 is 4.90 Å². The molecule has 0 saturated heterocycles. The molecule has 0 amide bonds. The Morgan fingerprint density at radius 2 is 1.04 bits per heavy atom. The molecule has 0 bridgehead atoms. The Bertz CT molecular complexity index is 3130. The number of fused-ring (bicyclic) bond motifs is 3. The summed E-state index contributed by atoms with van der Waals surface area (Å²) >= 11 is 0. The standard InChI is InChI=1S/C52H34N2O/c1-4-12-39(13-5-1)53(40-14-6-2-7-15-40)42-27-30-45-44-28-23-36(33-49(44)55-50(45)34-42)20-19-35-21-24-37(25-22-35)43-31-32-48-52-46(43)29-26-38-11-10-18-47(51(38)52)54(48)41-16-8-3-9-17-41/h1-34H/b20-19+. The summed E-state index contributed by atoms with van der Waals surface area (Å²) in [6, 6.07) is 69.2. The fourth-order valence-electron chi connectivity index (χ4n) is 8.39. The van der Waals surface area contributed by atoms with Crippen LogP contribution in [-0.2, 0) is 0 Å². The number of rotatable bonds is 7. The van der Waals surface area contributed by atoms with Gasteiger partial charge in [-0.2, -0.15) is 0 Å². The van der Waals surface area contributed by atoms with Gasteiger partial charge >= 0.3 is 0 Å². The molecule has 0 spiro atoms. The van der Waals surface area contributed by atoms with Crippen molar-refractivity contribution in [3.8, 4) is 16.8 Å². The summed E-state index contributed by atoms with van der Waals surface area (Å²) < 4.78 is 8.91. The number of hydrogen-bond donors (Lipinski definition) is 0. The first-order valence-electron chi connectivity index (χ1n) is 18.8. The summed E-state index contributed by atoms with van der Waals surface area (Å²) in [5.41, 5.74) is 13.4. The van der Waals surface area contributed by atoms with Gasteiger partial charge in [-0.1, -0.05) is 127 Å². The molecule has 2 heterocycles. The van der Waals surface area contributed by atoms with Gasteiger partial charge in [0.05, 0.1) is 11.0 Å². The van der Waals surface area contributed by atoms with Crippen LogP contribution in [0.25, 0.3) is 83.5 Å². The molecule has 3 nitrogen and oxygen atoms in total. The average Bonchev–Trinajstić information content (AvgIpc) is 3.79. The van der Waals surface area contributed by atoms with E-state index in [-0.39, 0.29) is 0 Å². The van der Waals surface area contributed by atoms with Crippen molar-refractivity contribution in [2.75, 3.05) is 4.90 Å². The first-order chi connectivity index (χ1) is 27.3. The van der Waals surface area contributed by atoms with Crippen LogP contribution in [0.2, 0.25) is 0 Å². The second-order valence-corrected chi connectivity index (χ2v) is 14.2.